The lowest BCUT2D eigenvalue weighted by Gasteiger charge is -2.12. The molecule has 1 aromatic carbocycles. The molecule has 1 saturated heterocycles. The fraction of sp³-hybridized carbons (Fsp3) is 0.455. The first-order chi connectivity index (χ1) is 7.25. The summed E-state index contributed by atoms with van der Waals surface area (Å²) in [5.41, 5.74) is 0. The normalized spacial score (nSPS) is 20.5. The van der Waals surface area contributed by atoms with Gasteiger partial charge in [-0.05, 0) is 53.8 Å². The van der Waals surface area contributed by atoms with E-state index in [1.54, 1.807) is 0 Å². The van der Waals surface area contributed by atoms with Gasteiger partial charge in [0.25, 0.3) is 0 Å². The summed E-state index contributed by atoms with van der Waals surface area (Å²) < 4.78 is 6.88. The van der Waals surface area contributed by atoms with Crippen molar-refractivity contribution in [1.29, 1.82) is 0 Å². The molecule has 1 aliphatic heterocycles. The van der Waals surface area contributed by atoms with Crippen molar-refractivity contribution in [2.45, 2.75) is 6.42 Å². The largest absolute Gasteiger partial charge is 0.492 e. The first-order valence-corrected chi connectivity index (χ1v) is 6.50. The van der Waals surface area contributed by atoms with Crippen LogP contribution in [0.4, 0.5) is 0 Å². The maximum Gasteiger partial charge on any atom is 0.134 e. The van der Waals surface area contributed by atoms with E-state index in [9.17, 15) is 0 Å². The molecule has 82 valence electrons. The fourth-order valence-electron chi connectivity index (χ4n) is 1.65. The lowest BCUT2D eigenvalue weighted by molar-refractivity contribution is 0.258. The van der Waals surface area contributed by atoms with Crippen molar-refractivity contribution in [3.8, 4) is 5.75 Å². The van der Waals surface area contributed by atoms with E-state index in [2.05, 4.69) is 27.9 Å². The maximum atomic E-state index is 5.92. The van der Waals surface area contributed by atoms with Gasteiger partial charge in [-0.3, -0.25) is 0 Å². The monoisotopic (exact) mass is 337 g/mol. The van der Waals surface area contributed by atoms with Gasteiger partial charge >= 0.3 is 0 Å². The van der Waals surface area contributed by atoms with Gasteiger partial charge in [-0.15, -0.1) is 0 Å². The highest BCUT2D eigenvalue weighted by atomic mass is 127. The predicted molar refractivity (Wildman–Crippen MR) is 70.6 cm³/mol. The zero-order valence-corrected chi connectivity index (χ0v) is 11.2. The molecule has 0 spiro atoms. The number of hydrogen-bond acceptors (Lipinski definition) is 2. The van der Waals surface area contributed by atoms with Gasteiger partial charge in [0.15, 0.2) is 0 Å². The zero-order valence-electron chi connectivity index (χ0n) is 8.30. The van der Waals surface area contributed by atoms with Crippen LogP contribution < -0.4 is 10.1 Å². The second-order valence-electron chi connectivity index (χ2n) is 3.74. The molecule has 1 fully saturated rings. The van der Waals surface area contributed by atoms with Crippen molar-refractivity contribution in [2.24, 2.45) is 5.92 Å². The van der Waals surface area contributed by atoms with E-state index in [0.717, 1.165) is 34.0 Å². The van der Waals surface area contributed by atoms with E-state index < -0.39 is 0 Å². The van der Waals surface area contributed by atoms with Gasteiger partial charge in [-0.25, -0.2) is 0 Å². The van der Waals surface area contributed by atoms with Crippen LogP contribution in [0, 0.1) is 9.49 Å². The minimum absolute atomic E-state index is 0.639. The summed E-state index contributed by atoms with van der Waals surface area (Å²) in [7, 11) is 0. The Bertz CT molecular complexity index is 339. The Kier molecular flexibility index (Phi) is 4.11. The Morgan fingerprint density at radius 3 is 3.13 bits per heavy atom. The summed E-state index contributed by atoms with van der Waals surface area (Å²) in [4.78, 5) is 0. The molecule has 1 unspecified atom stereocenters. The van der Waals surface area contributed by atoms with Crippen LogP contribution in [-0.2, 0) is 0 Å². The van der Waals surface area contributed by atoms with E-state index in [0.29, 0.717) is 5.92 Å². The molecule has 2 rings (SSSR count). The number of hydrogen-bond donors (Lipinski definition) is 1. The zero-order chi connectivity index (χ0) is 10.7. The Balaban J connectivity index is 1.94. The van der Waals surface area contributed by atoms with Gasteiger partial charge in [0.1, 0.15) is 5.75 Å². The number of benzene rings is 1. The molecule has 1 atom stereocenters. The SMILES string of the molecule is Clc1ccc(I)c(OCC2CCNC2)c1. The van der Waals surface area contributed by atoms with Crippen molar-refractivity contribution in [3.05, 3.63) is 26.8 Å². The van der Waals surface area contributed by atoms with Crippen molar-refractivity contribution in [2.75, 3.05) is 19.7 Å². The van der Waals surface area contributed by atoms with Crippen molar-refractivity contribution in [1.82, 2.24) is 5.32 Å². The van der Waals surface area contributed by atoms with Crippen LogP contribution in [0.2, 0.25) is 5.02 Å². The Morgan fingerprint density at radius 2 is 2.40 bits per heavy atom. The molecule has 1 N–H and O–H groups in total. The lowest BCUT2D eigenvalue weighted by atomic mass is 10.1. The van der Waals surface area contributed by atoms with Crippen molar-refractivity contribution >= 4 is 34.2 Å². The molecular formula is C11H13ClINO. The van der Waals surface area contributed by atoms with Crippen LogP contribution in [0.5, 0.6) is 5.75 Å². The smallest absolute Gasteiger partial charge is 0.134 e. The van der Waals surface area contributed by atoms with Gasteiger partial charge in [0, 0.05) is 17.5 Å². The molecule has 0 aliphatic carbocycles. The molecule has 1 aliphatic rings. The molecule has 0 radical (unpaired) electrons. The van der Waals surface area contributed by atoms with Crippen molar-refractivity contribution < 1.29 is 4.74 Å². The highest BCUT2D eigenvalue weighted by Gasteiger charge is 2.15. The summed E-state index contributed by atoms with van der Waals surface area (Å²) in [6, 6.07) is 5.74. The van der Waals surface area contributed by atoms with Crippen LogP contribution in [-0.4, -0.2) is 19.7 Å². The Hall–Kier alpha value is -0.0000000000000000833. The molecule has 0 aromatic heterocycles. The average molecular weight is 338 g/mol. The summed E-state index contributed by atoms with van der Waals surface area (Å²) in [5.74, 6) is 1.54. The number of ether oxygens (including phenoxy) is 1. The van der Waals surface area contributed by atoms with Crippen LogP contribution >= 0.6 is 34.2 Å². The second-order valence-corrected chi connectivity index (χ2v) is 5.34. The molecule has 2 nitrogen and oxygen atoms in total. The molecule has 15 heavy (non-hydrogen) atoms. The van der Waals surface area contributed by atoms with Gasteiger partial charge < -0.3 is 10.1 Å². The molecule has 1 aromatic rings. The highest BCUT2D eigenvalue weighted by molar-refractivity contribution is 14.1. The van der Waals surface area contributed by atoms with E-state index in [1.807, 2.05) is 18.2 Å². The summed E-state index contributed by atoms with van der Waals surface area (Å²) >= 11 is 8.18. The summed E-state index contributed by atoms with van der Waals surface area (Å²) in [6.45, 7) is 2.96. The average Bonchev–Trinajstić information content (AvgIpc) is 2.72. The number of rotatable bonds is 3. The number of nitrogens with one attached hydrogen (secondary N) is 1. The summed E-state index contributed by atoms with van der Waals surface area (Å²) in [6.07, 6.45) is 1.21. The van der Waals surface area contributed by atoms with Crippen LogP contribution in [0.25, 0.3) is 0 Å². The quantitative estimate of drug-likeness (QED) is 0.856. The van der Waals surface area contributed by atoms with E-state index in [1.165, 1.54) is 6.42 Å². The topological polar surface area (TPSA) is 21.3 Å². The first kappa shape index (κ1) is 11.5. The lowest BCUT2D eigenvalue weighted by Crippen LogP contribution is -2.15. The Morgan fingerprint density at radius 1 is 1.53 bits per heavy atom. The van der Waals surface area contributed by atoms with E-state index in [-0.39, 0.29) is 0 Å². The molecule has 0 saturated carbocycles. The van der Waals surface area contributed by atoms with Crippen LogP contribution in [0.15, 0.2) is 18.2 Å². The van der Waals surface area contributed by atoms with Crippen LogP contribution in [0.3, 0.4) is 0 Å². The molecule has 1 heterocycles. The predicted octanol–water partition coefficient (Wildman–Crippen LogP) is 2.93. The molecule has 0 bridgehead atoms. The van der Waals surface area contributed by atoms with Gasteiger partial charge in [-0.1, -0.05) is 11.6 Å². The first-order valence-electron chi connectivity index (χ1n) is 5.04. The third-order valence-electron chi connectivity index (χ3n) is 2.53. The van der Waals surface area contributed by atoms with Gasteiger partial charge in [-0.2, -0.15) is 0 Å². The third kappa shape index (κ3) is 3.23. The molecular weight excluding hydrogens is 324 g/mol. The molecule has 0 amide bonds. The van der Waals surface area contributed by atoms with Gasteiger partial charge in [0.2, 0.25) is 0 Å². The highest BCUT2D eigenvalue weighted by Crippen LogP contribution is 2.25. The summed E-state index contributed by atoms with van der Waals surface area (Å²) in [5, 5.41) is 4.06. The minimum atomic E-state index is 0.639. The fourth-order valence-corrected chi connectivity index (χ4v) is 2.31. The van der Waals surface area contributed by atoms with Crippen molar-refractivity contribution in [3.63, 3.8) is 0 Å². The van der Waals surface area contributed by atoms with Crippen LogP contribution in [0.1, 0.15) is 6.42 Å². The maximum absolute atomic E-state index is 5.92. The third-order valence-corrected chi connectivity index (χ3v) is 3.66. The van der Waals surface area contributed by atoms with Gasteiger partial charge in [0.05, 0.1) is 10.2 Å². The second kappa shape index (κ2) is 5.37. The standard InChI is InChI=1S/C11H13ClINO/c12-9-1-2-10(13)11(5-9)15-7-8-3-4-14-6-8/h1-2,5,8,14H,3-4,6-7H2. The minimum Gasteiger partial charge on any atom is -0.492 e. The Labute approximate surface area is 108 Å². The van der Waals surface area contributed by atoms with E-state index in [4.69, 9.17) is 16.3 Å². The molecule has 4 heteroatoms. The van der Waals surface area contributed by atoms with E-state index >= 15 is 0 Å². The number of halogens is 2.